The zero-order valence-corrected chi connectivity index (χ0v) is 29.5. The molecule has 0 aliphatic heterocycles. The van der Waals surface area contributed by atoms with Gasteiger partial charge in [-0.2, -0.15) is 0 Å². The fraction of sp³-hybridized carbons (Fsp3) is 0.821. The van der Waals surface area contributed by atoms with Gasteiger partial charge in [-0.1, -0.05) is 154 Å². The number of carboxylic acid groups (broad SMARTS) is 1. The second-order valence-corrected chi connectivity index (χ2v) is 12.8. The normalized spacial score (nSPS) is 12.2. The maximum Gasteiger partial charge on any atom is 0.322 e. The van der Waals surface area contributed by atoms with Gasteiger partial charge >= 0.3 is 11.9 Å². The van der Waals surface area contributed by atoms with Crippen molar-refractivity contribution in [2.45, 2.75) is 200 Å². The van der Waals surface area contributed by atoms with Crippen molar-refractivity contribution in [3.63, 3.8) is 0 Å². The van der Waals surface area contributed by atoms with Crippen LogP contribution in [-0.4, -0.2) is 35.6 Å². The molecule has 0 fully saturated rings. The zero-order valence-electron chi connectivity index (χ0n) is 29.5. The number of amides is 1. The summed E-state index contributed by atoms with van der Waals surface area (Å²) in [6.07, 6.45) is 40.3. The van der Waals surface area contributed by atoms with Crippen LogP contribution in [0.1, 0.15) is 194 Å². The lowest BCUT2D eigenvalue weighted by molar-refractivity contribution is -0.147. The van der Waals surface area contributed by atoms with Crippen LogP contribution in [0.5, 0.6) is 0 Å². The highest BCUT2D eigenvalue weighted by Gasteiger charge is 2.12. The first-order valence-corrected chi connectivity index (χ1v) is 19.0. The fourth-order valence-electron chi connectivity index (χ4n) is 5.52. The number of carboxylic acids is 1. The topological polar surface area (TPSA) is 92.7 Å². The van der Waals surface area contributed by atoms with Crippen LogP contribution in [0.3, 0.4) is 0 Å². The van der Waals surface area contributed by atoms with Crippen molar-refractivity contribution in [1.82, 2.24) is 5.32 Å². The van der Waals surface area contributed by atoms with Crippen molar-refractivity contribution >= 4 is 17.8 Å². The number of ether oxygens (including phenoxy) is 1. The maximum atomic E-state index is 12.6. The lowest BCUT2D eigenvalue weighted by Gasteiger charge is -2.14. The van der Waals surface area contributed by atoms with E-state index in [1.807, 2.05) is 6.08 Å². The number of hydrogen-bond donors (Lipinski definition) is 2. The van der Waals surface area contributed by atoms with Gasteiger partial charge in [-0.25, -0.2) is 0 Å². The van der Waals surface area contributed by atoms with Gasteiger partial charge in [-0.3, -0.25) is 14.4 Å². The standard InChI is InChI=1S/C39H71NO5/c1-3-5-7-9-11-13-14-15-16-17-18-19-20-22-24-30-34-39(44)45-36(31-27-23-21-12-10-8-6-4-2)32-28-25-26-29-33-37(41)40-35-38(42)43/h12,21,27,31,36H,3-11,13-20,22-26,28-30,32-35H2,1-2H3,(H,40,41)(H,42,43)/b21-12-,31-27-. The molecule has 0 heterocycles. The molecular formula is C39H71NO5. The Morgan fingerprint density at radius 3 is 1.64 bits per heavy atom. The minimum absolute atomic E-state index is 0.0970. The maximum absolute atomic E-state index is 12.6. The predicted octanol–water partition coefficient (Wildman–Crippen LogP) is 11.2. The molecule has 0 saturated heterocycles. The Kier molecular flexibility index (Phi) is 33.1. The molecule has 1 atom stereocenters. The van der Waals surface area contributed by atoms with E-state index in [0.29, 0.717) is 12.8 Å². The van der Waals surface area contributed by atoms with Crippen molar-refractivity contribution in [3.8, 4) is 0 Å². The first-order valence-electron chi connectivity index (χ1n) is 19.0. The number of carbonyl (C=O) groups excluding carboxylic acids is 2. The molecule has 262 valence electrons. The Bertz CT molecular complexity index is 748. The summed E-state index contributed by atoms with van der Waals surface area (Å²) in [7, 11) is 0. The molecule has 6 heteroatoms. The molecule has 0 radical (unpaired) electrons. The van der Waals surface area contributed by atoms with Crippen molar-refractivity contribution in [1.29, 1.82) is 0 Å². The number of allylic oxidation sites excluding steroid dienone is 3. The van der Waals surface area contributed by atoms with E-state index in [1.165, 1.54) is 109 Å². The highest BCUT2D eigenvalue weighted by molar-refractivity contribution is 5.80. The summed E-state index contributed by atoms with van der Waals surface area (Å²) in [5.41, 5.74) is 0. The summed E-state index contributed by atoms with van der Waals surface area (Å²) < 4.78 is 5.86. The smallest absolute Gasteiger partial charge is 0.322 e. The minimum Gasteiger partial charge on any atom is -0.480 e. The number of nitrogens with one attached hydrogen (secondary N) is 1. The Hall–Kier alpha value is -2.11. The molecule has 0 saturated carbocycles. The minimum atomic E-state index is -1.03. The van der Waals surface area contributed by atoms with Crippen LogP contribution >= 0.6 is 0 Å². The van der Waals surface area contributed by atoms with E-state index >= 15 is 0 Å². The number of hydrogen-bond acceptors (Lipinski definition) is 4. The molecule has 6 nitrogen and oxygen atoms in total. The lowest BCUT2D eigenvalue weighted by Crippen LogP contribution is -2.28. The van der Waals surface area contributed by atoms with Gasteiger partial charge in [0.25, 0.3) is 0 Å². The van der Waals surface area contributed by atoms with Crippen LogP contribution in [0.4, 0.5) is 0 Å². The molecule has 1 amide bonds. The molecule has 0 spiro atoms. The van der Waals surface area contributed by atoms with Crippen LogP contribution in [0.2, 0.25) is 0 Å². The summed E-state index contributed by atoms with van der Waals surface area (Å²) in [5.74, 6) is -1.34. The summed E-state index contributed by atoms with van der Waals surface area (Å²) in [5, 5.41) is 11.0. The van der Waals surface area contributed by atoms with Crippen molar-refractivity contribution in [3.05, 3.63) is 24.3 Å². The van der Waals surface area contributed by atoms with E-state index < -0.39 is 5.97 Å². The molecule has 0 rings (SSSR count). The fourth-order valence-corrected chi connectivity index (χ4v) is 5.52. The number of carbonyl (C=O) groups is 3. The van der Waals surface area contributed by atoms with Gasteiger partial charge in [-0.15, -0.1) is 0 Å². The third-order valence-corrected chi connectivity index (χ3v) is 8.36. The number of rotatable bonds is 34. The Morgan fingerprint density at radius 2 is 1.09 bits per heavy atom. The van der Waals surface area contributed by atoms with E-state index in [0.717, 1.165) is 57.8 Å². The predicted molar refractivity (Wildman–Crippen MR) is 189 cm³/mol. The third kappa shape index (κ3) is 34.6. The first-order chi connectivity index (χ1) is 22.0. The van der Waals surface area contributed by atoms with Crippen LogP contribution in [0.25, 0.3) is 0 Å². The third-order valence-electron chi connectivity index (χ3n) is 8.36. The molecule has 0 aromatic carbocycles. The van der Waals surface area contributed by atoms with Crippen LogP contribution in [0.15, 0.2) is 24.3 Å². The average molecular weight is 634 g/mol. The van der Waals surface area contributed by atoms with E-state index in [2.05, 4.69) is 37.4 Å². The molecule has 0 aromatic rings. The highest BCUT2D eigenvalue weighted by atomic mass is 16.5. The molecule has 45 heavy (non-hydrogen) atoms. The van der Waals surface area contributed by atoms with Gasteiger partial charge < -0.3 is 15.2 Å². The SMILES string of the molecule is CCCCC/C=C\C/C=C\C(CCCCCCC(=O)NCC(=O)O)OC(=O)CCCCCCCCCCCCCCCCCC. The Labute approximate surface area is 277 Å². The highest BCUT2D eigenvalue weighted by Crippen LogP contribution is 2.16. The van der Waals surface area contributed by atoms with Gasteiger partial charge in [-0.05, 0) is 51.0 Å². The Morgan fingerprint density at radius 1 is 0.600 bits per heavy atom. The van der Waals surface area contributed by atoms with E-state index in [-0.39, 0.29) is 24.5 Å². The number of aliphatic carboxylic acids is 1. The zero-order chi connectivity index (χ0) is 33.1. The lowest BCUT2D eigenvalue weighted by atomic mass is 10.0. The van der Waals surface area contributed by atoms with Crippen LogP contribution in [0, 0.1) is 0 Å². The van der Waals surface area contributed by atoms with Gasteiger partial charge in [0.2, 0.25) is 5.91 Å². The van der Waals surface area contributed by atoms with Crippen LogP contribution in [-0.2, 0) is 19.1 Å². The molecular weight excluding hydrogens is 562 g/mol. The molecule has 2 N–H and O–H groups in total. The molecule has 0 aliphatic carbocycles. The molecule has 0 aromatic heterocycles. The number of unbranched alkanes of at least 4 members (excludes halogenated alkanes) is 21. The summed E-state index contributed by atoms with van der Waals surface area (Å²) in [6, 6.07) is 0. The summed E-state index contributed by atoms with van der Waals surface area (Å²) >= 11 is 0. The van der Waals surface area contributed by atoms with Crippen molar-refractivity contribution < 1.29 is 24.2 Å². The second kappa shape index (κ2) is 34.8. The van der Waals surface area contributed by atoms with Gasteiger partial charge in [0.1, 0.15) is 12.6 Å². The molecule has 0 aliphatic rings. The summed E-state index contributed by atoms with van der Waals surface area (Å²) in [4.78, 5) is 34.8. The van der Waals surface area contributed by atoms with Gasteiger partial charge in [0.05, 0.1) is 0 Å². The average Bonchev–Trinajstić information content (AvgIpc) is 3.02. The van der Waals surface area contributed by atoms with E-state index in [9.17, 15) is 14.4 Å². The van der Waals surface area contributed by atoms with Gasteiger partial charge in [0, 0.05) is 12.8 Å². The van der Waals surface area contributed by atoms with E-state index in [4.69, 9.17) is 9.84 Å². The van der Waals surface area contributed by atoms with Gasteiger partial charge in [0.15, 0.2) is 0 Å². The molecule has 1 unspecified atom stereocenters. The molecule has 0 bridgehead atoms. The quantitative estimate of drug-likeness (QED) is 0.0418. The largest absolute Gasteiger partial charge is 0.480 e. The monoisotopic (exact) mass is 634 g/mol. The van der Waals surface area contributed by atoms with Crippen LogP contribution < -0.4 is 5.32 Å². The first kappa shape index (κ1) is 42.9. The Balaban J connectivity index is 4.10. The second-order valence-electron chi connectivity index (χ2n) is 12.8. The van der Waals surface area contributed by atoms with Crippen molar-refractivity contribution in [2.75, 3.05) is 6.54 Å². The van der Waals surface area contributed by atoms with Crippen molar-refractivity contribution in [2.24, 2.45) is 0 Å². The van der Waals surface area contributed by atoms with E-state index in [1.54, 1.807) is 0 Å². The number of esters is 1. The summed E-state index contributed by atoms with van der Waals surface area (Å²) in [6.45, 7) is 4.16.